The number of rotatable bonds is 2. The molecular formula is C8H9N2O3Y-. The van der Waals surface area contributed by atoms with E-state index in [0.29, 0.717) is 5.56 Å². The van der Waals surface area contributed by atoms with Gasteiger partial charge in [0.2, 0.25) is 5.69 Å². The van der Waals surface area contributed by atoms with Crippen LogP contribution in [0.5, 0.6) is 5.75 Å². The molecule has 5 nitrogen and oxygen atoms in total. The Morgan fingerprint density at radius 3 is 2.57 bits per heavy atom. The van der Waals surface area contributed by atoms with Crippen molar-refractivity contribution in [3.63, 3.8) is 0 Å². The fraction of sp³-hybridized carbons (Fsp3) is 0.250. The van der Waals surface area contributed by atoms with E-state index in [-0.39, 0.29) is 49.8 Å². The second kappa shape index (κ2) is 5.27. The number of hydrogen-bond donors (Lipinski definition) is 1. The van der Waals surface area contributed by atoms with Crippen LogP contribution >= 0.6 is 0 Å². The van der Waals surface area contributed by atoms with Gasteiger partial charge in [0.25, 0.3) is 0 Å². The summed E-state index contributed by atoms with van der Waals surface area (Å²) < 4.78 is 4.88. The predicted octanol–water partition coefficient (Wildman–Crippen LogP) is 1.29. The first-order valence-corrected chi connectivity index (χ1v) is 3.57. The summed E-state index contributed by atoms with van der Waals surface area (Å²) in [5, 5.41) is 10.6. The number of anilines is 1. The molecule has 0 saturated heterocycles. The smallest absolute Gasteiger partial charge is 0.225 e. The molecule has 1 aromatic rings. The molecule has 0 heterocycles. The molecule has 0 spiro atoms. The van der Waals surface area contributed by atoms with Crippen LogP contribution in [0.4, 0.5) is 11.4 Å². The number of benzene rings is 1. The van der Waals surface area contributed by atoms with Gasteiger partial charge in [-0.1, -0.05) is 6.92 Å². The molecular weight excluding hydrogens is 261 g/mol. The minimum atomic E-state index is -0.572. The summed E-state index contributed by atoms with van der Waals surface area (Å²) in [6, 6.07) is 4.14. The van der Waals surface area contributed by atoms with Crippen LogP contribution in [-0.4, -0.2) is 12.0 Å². The van der Waals surface area contributed by atoms with Crippen LogP contribution < -0.4 is 10.5 Å². The maximum atomic E-state index is 10.6. The van der Waals surface area contributed by atoms with Gasteiger partial charge in [-0.25, -0.2) is 0 Å². The molecule has 1 radical (unpaired) electrons. The number of aryl methyl sites for hydroxylation is 1. The SMILES string of the molecule is COc1c(C)c[c-]c(N)c1[N+](=O)[O-].[Y]. The summed E-state index contributed by atoms with van der Waals surface area (Å²) in [6.45, 7) is 1.70. The zero-order chi connectivity index (χ0) is 10.0. The van der Waals surface area contributed by atoms with Crippen LogP contribution in [0.1, 0.15) is 5.56 Å². The number of nitrogen functional groups attached to an aromatic ring is 1. The Morgan fingerprint density at radius 1 is 1.64 bits per heavy atom. The van der Waals surface area contributed by atoms with Crippen LogP contribution in [0.2, 0.25) is 0 Å². The molecule has 73 valence electrons. The van der Waals surface area contributed by atoms with Gasteiger partial charge in [0.05, 0.1) is 12.9 Å². The Kier molecular flexibility index (Phi) is 5.01. The molecule has 6 heteroatoms. The van der Waals surface area contributed by atoms with Crippen LogP contribution in [-0.2, 0) is 32.7 Å². The second-order valence-electron chi connectivity index (χ2n) is 2.52. The molecule has 0 aliphatic heterocycles. The molecule has 1 aromatic carbocycles. The van der Waals surface area contributed by atoms with Gasteiger partial charge in [-0.15, -0.1) is 5.56 Å². The van der Waals surface area contributed by atoms with Crippen molar-refractivity contribution in [2.45, 2.75) is 6.92 Å². The predicted molar refractivity (Wildman–Crippen MR) is 47.6 cm³/mol. The summed E-state index contributed by atoms with van der Waals surface area (Å²) in [4.78, 5) is 10.0. The number of nitro groups is 1. The van der Waals surface area contributed by atoms with E-state index < -0.39 is 4.92 Å². The molecule has 0 aliphatic rings. The number of nitrogens with two attached hydrogens (primary N) is 1. The standard InChI is InChI=1S/C8H9N2O3.Y/c1-5-3-4-6(9)7(10(11)12)8(5)13-2;/h3H,9H2,1-2H3;/q-1;. The molecule has 14 heavy (non-hydrogen) atoms. The van der Waals surface area contributed by atoms with Gasteiger partial charge in [0.1, 0.15) is 0 Å². The average Bonchev–Trinajstić information content (AvgIpc) is 2.07. The van der Waals surface area contributed by atoms with Crippen LogP contribution in [0.15, 0.2) is 6.07 Å². The molecule has 2 N–H and O–H groups in total. The van der Waals surface area contributed by atoms with Gasteiger partial charge >= 0.3 is 0 Å². The number of ether oxygens (including phenoxy) is 1. The van der Waals surface area contributed by atoms with E-state index in [0.717, 1.165) is 0 Å². The van der Waals surface area contributed by atoms with E-state index in [2.05, 4.69) is 6.07 Å². The third-order valence-electron chi connectivity index (χ3n) is 1.66. The molecule has 0 fully saturated rings. The largest absolute Gasteiger partial charge is 0.515 e. The summed E-state index contributed by atoms with van der Waals surface area (Å²) in [5.41, 5.74) is 5.80. The molecule has 0 aromatic heterocycles. The third-order valence-corrected chi connectivity index (χ3v) is 1.66. The van der Waals surface area contributed by atoms with E-state index >= 15 is 0 Å². The van der Waals surface area contributed by atoms with E-state index in [1.165, 1.54) is 7.11 Å². The minimum Gasteiger partial charge on any atom is -0.515 e. The first kappa shape index (κ1) is 13.3. The first-order valence-electron chi connectivity index (χ1n) is 3.57. The molecule has 0 saturated carbocycles. The van der Waals surface area contributed by atoms with Crippen molar-refractivity contribution in [1.82, 2.24) is 0 Å². The van der Waals surface area contributed by atoms with Gasteiger partial charge < -0.3 is 10.5 Å². The van der Waals surface area contributed by atoms with Gasteiger partial charge in [-0.3, -0.25) is 10.1 Å². The Hall–Kier alpha value is -0.676. The van der Waals surface area contributed by atoms with Crippen LogP contribution in [0.25, 0.3) is 0 Å². The van der Waals surface area contributed by atoms with E-state index in [1.807, 2.05) is 0 Å². The molecule has 0 atom stereocenters. The van der Waals surface area contributed by atoms with Crippen molar-refractivity contribution < 1.29 is 42.4 Å². The zero-order valence-corrected chi connectivity index (χ0v) is 10.7. The Morgan fingerprint density at radius 2 is 2.21 bits per heavy atom. The maximum absolute atomic E-state index is 10.6. The van der Waals surface area contributed by atoms with Crippen molar-refractivity contribution in [2.75, 3.05) is 12.8 Å². The van der Waals surface area contributed by atoms with Crippen molar-refractivity contribution in [2.24, 2.45) is 0 Å². The first-order chi connectivity index (χ1) is 6.07. The van der Waals surface area contributed by atoms with Gasteiger partial charge in [-0.05, 0) is 5.69 Å². The molecule has 0 aliphatic carbocycles. The van der Waals surface area contributed by atoms with Crippen LogP contribution in [0, 0.1) is 23.1 Å². The molecule has 0 unspecified atom stereocenters. The maximum Gasteiger partial charge on any atom is 0.225 e. The number of methoxy groups -OCH3 is 1. The Labute approximate surface area is 107 Å². The minimum absolute atomic E-state index is 0. The summed E-state index contributed by atoms with van der Waals surface area (Å²) >= 11 is 0. The normalized spacial score (nSPS) is 9.00. The average molecular weight is 270 g/mol. The van der Waals surface area contributed by atoms with Crippen molar-refractivity contribution in [1.29, 1.82) is 0 Å². The zero-order valence-electron chi connectivity index (χ0n) is 7.90. The number of hydrogen-bond acceptors (Lipinski definition) is 4. The number of nitro benzene ring substituents is 1. The Balaban J connectivity index is 0.00000169. The number of nitrogens with zero attached hydrogens (tertiary/aromatic N) is 1. The topological polar surface area (TPSA) is 78.4 Å². The van der Waals surface area contributed by atoms with E-state index in [9.17, 15) is 10.1 Å². The fourth-order valence-electron chi connectivity index (χ4n) is 1.07. The van der Waals surface area contributed by atoms with Crippen LogP contribution in [0.3, 0.4) is 0 Å². The monoisotopic (exact) mass is 270 g/mol. The quantitative estimate of drug-likeness (QED) is 0.380. The summed E-state index contributed by atoms with van der Waals surface area (Å²) in [7, 11) is 1.37. The second-order valence-corrected chi connectivity index (χ2v) is 2.52. The summed E-state index contributed by atoms with van der Waals surface area (Å²) in [5.74, 6) is 0.196. The van der Waals surface area contributed by atoms with Crippen molar-refractivity contribution in [3.8, 4) is 5.75 Å². The Bertz CT molecular complexity index is 355. The summed E-state index contributed by atoms with van der Waals surface area (Å²) in [6.07, 6.45) is 0. The van der Waals surface area contributed by atoms with Crippen molar-refractivity contribution >= 4 is 11.4 Å². The van der Waals surface area contributed by atoms with Gasteiger partial charge in [0.15, 0.2) is 0 Å². The van der Waals surface area contributed by atoms with E-state index in [1.54, 1.807) is 13.0 Å². The molecule has 0 amide bonds. The molecule has 0 bridgehead atoms. The van der Waals surface area contributed by atoms with Crippen molar-refractivity contribution in [3.05, 3.63) is 27.8 Å². The van der Waals surface area contributed by atoms with E-state index in [4.69, 9.17) is 10.5 Å². The third kappa shape index (κ3) is 2.42. The van der Waals surface area contributed by atoms with Gasteiger partial charge in [0, 0.05) is 37.6 Å². The molecule has 1 rings (SSSR count). The van der Waals surface area contributed by atoms with Gasteiger partial charge in [-0.2, -0.15) is 12.1 Å². The fourth-order valence-corrected chi connectivity index (χ4v) is 1.07.